The highest BCUT2D eigenvalue weighted by molar-refractivity contribution is 8.02. The highest BCUT2D eigenvalue weighted by atomic mass is 32.2. The van der Waals surface area contributed by atoms with E-state index in [-0.39, 0.29) is 0 Å². The first-order valence-electron chi connectivity index (χ1n) is 2.92. The summed E-state index contributed by atoms with van der Waals surface area (Å²) in [5, 5.41) is 0. The smallest absolute Gasteiger partial charge is 0.0140 e. The number of rotatable bonds is 2. The van der Waals surface area contributed by atoms with E-state index in [9.17, 15) is 0 Å². The van der Waals surface area contributed by atoms with Crippen LogP contribution in [0.1, 0.15) is 20.8 Å². The molecule has 0 radical (unpaired) electrons. The van der Waals surface area contributed by atoms with Gasteiger partial charge in [-0.25, -0.2) is 0 Å². The summed E-state index contributed by atoms with van der Waals surface area (Å²) in [5.41, 5.74) is 0. The van der Waals surface area contributed by atoms with Crippen molar-refractivity contribution in [1.82, 2.24) is 0 Å². The van der Waals surface area contributed by atoms with Gasteiger partial charge in [0, 0.05) is 0 Å². The molecule has 1 heteroatoms. The molecule has 0 saturated carbocycles. The Bertz CT molecular complexity index is 82.4. The molecule has 0 aromatic rings. The fourth-order valence-corrected chi connectivity index (χ4v) is 1.39. The normalized spacial score (nSPS) is 12.9. The van der Waals surface area contributed by atoms with Gasteiger partial charge in [0.1, 0.15) is 0 Å². The molecule has 48 valence electrons. The van der Waals surface area contributed by atoms with Crippen molar-refractivity contribution in [1.29, 1.82) is 0 Å². The van der Waals surface area contributed by atoms with E-state index in [4.69, 9.17) is 0 Å². The molecular formula is C7H14S. The molecule has 0 spiro atoms. The van der Waals surface area contributed by atoms with Crippen LogP contribution >= 0.6 is 11.8 Å². The van der Waals surface area contributed by atoms with Crippen LogP contribution in [0.2, 0.25) is 0 Å². The monoisotopic (exact) mass is 130 g/mol. The fourth-order valence-electron chi connectivity index (χ4n) is 0.687. The van der Waals surface area contributed by atoms with E-state index in [2.05, 4.69) is 33.1 Å². The van der Waals surface area contributed by atoms with Gasteiger partial charge >= 0.3 is 0 Å². The molecule has 0 rings (SSSR count). The van der Waals surface area contributed by atoms with E-state index in [1.54, 1.807) is 0 Å². The van der Waals surface area contributed by atoms with Crippen LogP contribution in [0.15, 0.2) is 11.0 Å². The topological polar surface area (TPSA) is 0 Å². The Morgan fingerprint density at radius 1 is 1.50 bits per heavy atom. The molecular weight excluding hydrogens is 116 g/mol. The Labute approximate surface area is 56.4 Å². The van der Waals surface area contributed by atoms with Gasteiger partial charge in [-0.05, 0) is 24.0 Å². The first-order valence-corrected chi connectivity index (χ1v) is 4.15. The summed E-state index contributed by atoms with van der Waals surface area (Å²) in [4.78, 5) is 1.48. The van der Waals surface area contributed by atoms with E-state index in [1.807, 2.05) is 11.8 Å². The van der Waals surface area contributed by atoms with Crippen LogP contribution in [0.25, 0.3) is 0 Å². The van der Waals surface area contributed by atoms with Crippen molar-refractivity contribution < 1.29 is 0 Å². The van der Waals surface area contributed by atoms with Crippen molar-refractivity contribution in [3.05, 3.63) is 11.0 Å². The lowest BCUT2D eigenvalue weighted by molar-refractivity contribution is 0.815. The summed E-state index contributed by atoms with van der Waals surface area (Å²) < 4.78 is 0. The summed E-state index contributed by atoms with van der Waals surface area (Å²) in [6.45, 7) is 6.52. The fraction of sp³-hybridized carbons (Fsp3) is 0.714. The molecule has 0 fully saturated rings. The third-order valence-corrected chi connectivity index (χ3v) is 2.27. The molecule has 0 amide bonds. The SMILES string of the molecule is C/C=C(\SC)C(C)C. The Kier molecular flexibility index (Phi) is 4.06. The molecule has 0 aliphatic carbocycles. The lowest BCUT2D eigenvalue weighted by Gasteiger charge is -2.04. The number of hydrogen-bond acceptors (Lipinski definition) is 1. The quantitative estimate of drug-likeness (QED) is 0.554. The van der Waals surface area contributed by atoms with Gasteiger partial charge in [0.2, 0.25) is 0 Å². The maximum atomic E-state index is 2.21. The molecule has 0 unspecified atom stereocenters. The van der Waals surface area contributed by atoms with Gasteiger partial charge < -0.3 is 0 Å². The minimum Gasteiger partial charge on any atom is -0.134 e. The van der Waals surface area contributed by atoms with E-state index in [1.165, 1.54) is 4.91 Å². The molecule has 0 aliphatic rings. The Morgan fingerprint density at radius 2 is 2.00 bits per heavy atom. The zero-order valence-electron chi connectivity index (χ0n) is 6.06. The second kappa shape index (κ2) is 4.02. The van der Waals surface area contributed by atoms with Crippen molar-refractivity contribution in [3.63, 3.8) is 0 Å². The molecule has 8 heavy (non-hydrogen) atoms. The van der Waals surface area contributed by atoms with Gasteiger partial charge in [0.25, 0.3) is 0 Å². The van der Waals surface area contributed by atoms with Crippen molar-refractivity contribution >= 4 is 11.8 Å². The standard InChI is InChI=1S/C7H14S/c1-5-7(8-4)6(2)3/h5-6H,1-4H3/b7-5-. The van der Waals surface area contributed by atoms with Gasteiger partial charge in [-0.1, -0.05) is 19.9 Å². The Balaban J connectivity index is 3.72. The number of allylic oxidation sites excluding steroid dienone is 2. The Morgan fingerprint density at radius 3 is 2.00 bits per heavy atom. The van der Waals surface area contributed by atoms with Gasteiger partial charge in [0.15, 0.2) is 0 Å². The van der Waals surface area contributed by atoms with Crippen molar-refractivity contribution in [2.24, 2.45) is 5.92 Å². The van der Waals surface area contributed by atoms with E-state index >= 15 is 0 Å². The lowest BCUT2D eigenvalue weighted by atomic mass is 10.2. The average molecular weight is 130 g/mol. The number of thioether (sulfide) groups is 1. The van der Waals surface area contributed by atoms with Crippen LogP contribution < -0.4 is 0 Å². The van der Waals surface area contributed by atoms with Crippen LogP contribution in [0, 0.1) is 5.92 Å². The molecule has 0 saturated heterocycles. The summed E-state index contributed by atoms with van der Waals surface area (Å²) in [7, 11) is 0. The highest BCUT2D eigenvalue weighted by Crippen LogP contribution is 2.19. The van der Waals surface area contributed by atoms with Gasteiger partial charge in [-0.15, -0.1) is 11.8 Å². The summed E-state index contributed by atoms with van der Waals surface area (Å²) in [6.07, 6.45) is 4.30. The Hall–Kier alpha value is 0.0900. The van der Waals surface area contributed by atoms with Crippen LogP contribution in [-0.4, -0.2) is 6.26 Å². The van der Waals surface area contributed by atoms with Gasteiger partial charge in [-0.2, -0.15) is 0 Å². The third kappa shape index (κ3) is 2.41. The van der Waals surface area contributed by atoms with Crippen LogP contribution in [-0.2, 0) is 0 Å². The molecule has 0 aromatic carbocycles. The number of hydrogen-bond donors (Lipinski definition) is 0. The molecule has 0 aliphatic heterocycles. The second-order valence-electron chi connectivity index (χ2n) is 2.05. The van der Waals surface area contributed by atoms with E-state index in [0.29, 0.717) is 5.92 Å². The summed E-state index contributed by atoms with van der Waals surface area (Å²) >= 11 is 1.84. The maximum absolute atomic E-state index is 2.21. The zero-order chi connectivity index (χ0) is 6.57. The van der Waals surface area contributed by atoms with Crippen LogP contribution in [0.3, 0.4) is 0 Å². The minimum atomic E-state index is 0.704. The predicted molar refractivity (Wildman–Crippen MR) is 42.1 cm³/mol. The molecule has 0 bridgehead atoms. The minimum absolute atomic E-state index is 0.704. The maximum Gasteiger partial charge on any atom is -0.0140 e. The lowest BCUT2D eigenvalue weighted by Crippen LogP contribution is -1.86. The third-order valence-electron chi connectivity index (χ3n) is 1.09. The van der Waals surface area contributed by atoms with E-state index in [0.717, 1.165) is 0 Å². The van der Waals surface area contributed by atoms with Crippen LogP contribution in [0.5, 0.6) is 0 Å². The van der Waals surface area contributed by atoms with Gasteiger partial charge in [0.05, 0.1) is 0 Å². The van der Waals surface area contributed by atoms with Crippen molar-refractivity contribution in [2.75, 3.05) is 6.26 Å². The highest BCUT2D eigenvalue weighted by Gasteiger charge is 1.96. The molecule has 0 aromatic heterocycles. The van der Waals surface area contributed by atoms with Crippen LogP contribution in [0.4, 0.5) is 0 Å². The molecule has 0 nitrogen and oxygen atoms in total. The van der Waals surface area contributed by atoms with Crippen molar-refractivity contribution in [3.8, 4) is 0 Å². The molecule has 0 heterocycles. The summed E-state index contributed by atoms with van der Waals surface area (Å²) in [5.74, 6) is 0.704. The first kappa shape index (κ1) is 8.09. The van der Waals surface area contributed by atoms with Crippen molar-refractivity contribution in [2.45, 2.75) is 20.8 Å². The molecule has 0 atom stereocenters. The summed E-state index contributed by atoms with van der Waals surface area (Å²) in [6, 6.07) is 0. The van der Waals surface area contributed by atoms with Gasteiger partial charge in [-0.3, -0.25) is 0 Å². The first-order chi connectivity index (χ1) is 3.72. The second-order valence-corrected chi connectivity index (χ2v) is 2.93. The average Bonchev–Trinajstić information content (AvgIpc) is 1.69. The van der Waals surface area contributed by atoms with E-state index < -0.39 is 0 Å². The molecule has 0 N–H and O–H groups in total. The zero-order valence-corrected chi connectivity index (χ0v) is 6.88. The predicted octanol–water partition coefficient (Wildman–Crippen LogP) is 2.91. The largest absolute Gasteiger partial charge is 0.134 e.